The number of hydrogen-bond acceptors (Lipinski definition) is 6. The van der Waals surface area contributed by atoms with E-state index in [-0.39, 0.29) is 11.6 Å². The van der Waals surface area contributed by atoms with Gasteiger partial charge in [0.05, 0.1) is 17.1 Å². The van der Waals surface area contributed by atoms with Crippen LogP contribution in [0.2, 0.25) is 0 Å². The predicted octanol–water partition coefficient (Wildman–Crippen LogP) is 5.64. The number of para-hydroxylation sites is 1. The van der Waals surface area contributed by atoms with Gasteiger partial charge in [0, 0.05) is 16.8 Å². The van der Waals surface area contributed by atoms with Crippen molar-refractivity contribution in [2.45, 2.75) is 30.3 Å². The number of aromatic nitrogens is 4. The molecule has 2 N–H and O–H groups in total. The van der Waals surface area contributed by atoms with E-state index in [1.165, 1.54) is 18.1 Å². The second-order valence-electron chi connectivity index (χ2n) is 8.28. The first kappa shape index (κ1) is 24.3. The van der Waals surface area contributed by atoms with E-state index in [4.69, 9.17) is 4.74 Å². The molecule has 2 aromatic heterocycles. The number of rotatable bonds is 8. The Morgan fingerprint density at radius 1 is 1.00 bits per heavy atom. The van der Waals surface area contributed by atoms with Crippen LogP contribution in [0.25, 0.3) is 16.5 Å². The van der Waals surface area contributed by atoms with E-state index in [1.807, 2.05) is 73.7 Å². The third-order valence-electron chi connectivity index (χ3n) is 5.99. The van der Waals surface area contributed by atoms with Gasteiger partial charge in [-0.2, -0.15) is 5.10 Å². The highest BCUT2D eigenvalue weighted by atomic mass is 32.2. The van der Waals surface area contributed by atoms with Gasteiger partial charge in [0.1, 0.15) is 6.33 Å². The lowest BCUT2D eigenvalue weighted by molar-refractivity contribution is 0.195. The lowest BCUT2D eigenvalue weighted by Crippen LogP contribution is -2.32. The van der Waals surface area contributed by atoms with Crippen LogP contribution in [0.3, 0.4) is 0 Å². The quantitative estimate of drug-likeness (QED) is 0.261. The average Bonchev–Trinajstić information content (AvgIpc) is 3.47. The molecule has 2 heterocycles. The number of aromatic amines is 1. The highest BCUT2D eigenvalue weighted by molar-refractivity contribution is 7.98. The highest BCUT2D eigenvalue weighted by Crippen LogP contribution is 2.33. The summed E-state index contributed by atoms with van der Waals surface area (Å²) < 4.78 is 7.63. The molecule has 0 saturated heterocycles. The van der Waals surface area contributed by atoms with Gasteiger partial charge in [0.2, 0.25) is 0 Å². The summed E-state index contributed by atoms with van der Waals surface area (Å²) in [6.07, 6.45) is 1.52. The molecule has 3 aromatic carbocycles. The van der Waals surface area contributed by atoms with Crippen molar-refractivity contribution in [1.82, 2.24) is 25.1 Å². The number of nitrogens with zero attached hydrogens (tertiary/aromatic N) is 3. The smallest absolute Gasteiger partial charge is 0.408 e. The van der Waals surface area contributed by atoms with Crippen LogP contribution in [-0.4, -0.2) is 25.8 Å². The Morgan fingerprint density at radius 3 is 2.35 bits per heavy atom. The van der Waals surface area contributed by atoms with Crippen molar-refractivity contribution in [2.75, 3.05) is 0 Å². The molecule has 186 valence electrons. The molecule has 8 nitrogen and oxygen atoms in total. The maximum Gasteiger partial charge on any atom is 0.413 e. The van der Waals surface area contributed by atoms with E-state index in [1.54, 1.807) is 22.8 Å². The van der Waals surface area contributed by atoms with Crippen molar-refractivity contribution in [2.24, 2.45) is 0 Å². The number of thioether (sulfide) groups is 1. The molecular formula is C28H25N5O3S. The molecule has 0 radical (unpaired) electrons. The van der Waals surface area contributed by atoms with Crippen molar-refractivity contribution in [3.05, 3.63) is 113 Å². The average molecular weight is 512 g/mol. The molecule has 5 aromatic rings. The number of nitrogens with one attached hydrogen (secondary N) is 2. The molecule has 0 fully saturated rings. The Labute approximate surface area is 217 Å². The zero-order valence-corrected chi connectivity index (χ0v) is 20.9. The summed E-state index contributed by atoms with van der Waals surface area (Å²) in [5, 5.41) is 11.3. The minimum Gasteiger partial charge on any atom is -0.408 e. The number of pyridine rings is 1. The van der Waals surface area contributed by atoms with E-state index in [2.05, 4.69) is 20.5 Å². The lowest BCUT2D eigenvalue weighted by Gasteiger charge is -2.21. The summed E-state index contributed by atoms with van der Waals surface area (Å²) >= 11 is 1.36. The summed E-state index contributed by atoms with van der Waals surface area (Å²) in [5.41, 5.74) is 2.01. The SMILES string of the molecule is CC[C@H](NC(=O)Oc1c(CSc2ncn[nH]2)n(-c2ccccc2)c(=O)c2ccccc12)c1ccccc1. The number of carbonyl (C=O) groups is 1. The van der Waals surface area contributed by atoms with Gasteiger partial charge in [-0.1, -0.05) is 85.4 Å². The molecule has 9 heteroatoms. The number of H-pyrrole nitrogens is 1. The summed E-state index contributed by atoms with van der Waals surface area (Å²) in [4.78, 5) is 31.2. The Bertz CT molecular complexity index is 1550. The lowest BCUT2D eigenvalue weighted by atomic mass is 10.1. The standard InChI is InChI=1S/C28H25N5O3S/c1-2-23(19-11-5-3-6-12-19)31-28(35)36-25-21-15-9-10-16-22(21)26(34)33(20-13-7-4-8-14-20)24(25)17-37-27-29-18-30-32-27/h3-16,18,23H,2,17H2,1H3,(H,31,35)(H,29,30,32)/t23-/m0/s1. The molecule has 0 aliphatic heterocycles. The van der Waals surface area contributed by atoms with Gasteiger partial charge in [-0.3, -0.25) is 14.5 Å². The van der Waals surface area contributed by atoms with Gasteiger partial charge in [-0.15, -0.1) is 0 Å². The van der Waals surface area contributed by atoms with Crippen molar-refractivity contribution in [1.29, 1.82) is 0 Å². The van der Waals surface area contributed by atoms with Crippen LogP contribution >= 0.6 is 11.8 Å². The Kier molecular flexibility index (Phi) is 7.32. The largest absolute Gasteiger partial charge is 0.413 e. The van der Waals surface area contributed by atoms with Crippen molar-refractivity contribution in [3.8, 4) is 11.4 Å². The number of benzene rings is 3. The van der Waals surface area contributed by atoms with Crippen LogP contribution in [0.5, 0.6) is 5.75 Å². The fourth-order valence-corrected chi connectivity index (χ4v) is 5.01. The second kappa shape index (κ2) is 11.1. The maximum absolute atomic E-state index is 13.7. The molecule has 37 heavy (non-hydrogen) atoms. The minimum atomic E-state index is -0.593. The Balaban J connectivity index is 1.61. The molecular weight excluding hydrogens is 486 g/mol. The molecule has 0 saturated carbocycles. The van der Waals surface area contributed by atoms with Crippen LogP contribution in [0.1, 0.15) is 30.6 Å². The second-order valence-corrected chi connectivity index (χ2v) is 9.25. The van der Waals surface area contributed by atoms with Gasteiger partial charge in [0.25, 0.3) is 5.56 Å². The molecule has 0 bridgehead atoms. The molecule has 1 amide bonds. The molecule has 0 unspecified atom stereocenters. The molecule has 5 rings (SSSR count). The van der Waals surface area contributed by atoms with Gasteiger partial charge in [-0.25, -0.2) is 9.78 Å². The summed E-state index contributed by atoms with van der Waals surface area (Å²) in [5.74, 6) is 0.634. The van der Waals surface area contributed by atoms with Gasteiger partial charge >= 0.3 is 6.09 Å². The number of hydrogen-bond donors (Lipinski definition) is 2. The van der Waals surface area contributed by atoms with Gasteiger partial charge < -0.3 is 10.1 Å². The number of amides is 1. The minimum absolute atomic E-state index is 0.196. The van der Waals surface area contributed by atoms with Crippen LogP contribution < -0.4 is 15.6 Å². The molecule has 1 atom stereocenters. The third kappa shape index (κ3) is 5.26. The fourth-order valence-electron chi connectivity index (χ4n) is 4.23. The molecule has 0 aliphatic carbocycles. The van der Waals surface area contributed by atoms with Gasteiger partial charge in [-0.05, 0) is 30.2 Å². The summed E-state index contributed by atoms with van der Waals surface area (Å²) in [6.45, 7) is 2.00. The van der Waals surface area contributed by atoms with E-state index in [9.17, 15) is 9.59 Å². The Hall–Kier alpha value is -4.37. The van der Waals surface area contributed by atoms with Crippen LogP contribution in [0, 0.1) is 0 Å². The van der Waals surface area contributed by atoms with E-state index >= 15 is 0 Å². The summed E-state index contributed by atoms with van der Waals surface area (Å²) in [6, 6.07) is 26.0. The van der Waals surface area contributed by atoms with Crippen LogP contribution in [-0.2, 0) is 5.75 Å². The summed E-state index contributed by atoms with van der Waals surface area (Å²) in [7, 11) is 0. The normalized spacial score (nSPS) is 11.8. The predicted molar refractivity (Wildman–Crippen MR) is 144 cm³/mol. The van der Waals surface area contributed by atoms with E-state index in [0.29, 0.717) is 45.2 Å². The van der Waals surface area contributed by atoms with Gasteiger partial charge in [0.15, 0.2) is 10.9 Å². The van der Waals surface area contributed by atoms with E-state index < -0.39 is 6.09 Å². The number of fused-ring (bicyclic) bond motifs is 1. The highest BCUT2D eigenvalue weighted by Gasteiger charge is 2.23. The number of carbonyl (C=O) groups excluding carboxylic acids is 1. The van der Waals surface area contributed by atoms with Crippen molar-refractivity contribution in [3.63, 3.8) is 0 Å². The van der Waals surface area contributed by atoms with Crippen molar-refractivity contribution < 1.29 is 9.53 Å². The first-order valence-corrected chi connectivity index (χ1v) is 12.9. The number of ether oxygens (including phenoxy) is 1. The third-order valence-corrected chi connectivity index (χ3v) is 6.88. The van der Waals surface area contributed by atoms with Crippen LogP contribution in [0.15, 0.2) is 101 Å². The van der Waals surface area contributed by atoms with Crippen molar-refractivity contribution >= 4 is 28.6 Å². The zero-order chi connectivity index (χ0) is 25.6. The first-order valence-electron chi connectivity index (χ1n) is 11.9. The maximum atomic E-state index is 13.7. The molecule has 0 aliphatic rings. The topological polar surface area (TPSA) is 102 Å². The van der Waals surface area contributed by atoms with E-state index in [0.717, 1.165) is 5.56 Å². The monoisotopic (exact) mass is 511 g/mol. The van der Waals surface area contributed by atoms with Crippen LogP contribution in [0.4, 0.5) is 4.79 Å². The first-order chi connectivity index (χ1) is 18.2. The Morgan fingerprint density at radius 2 is 1.68 bits per heavy atom. The zero-order valence-electron chi connectivity index (χ0n) is 20.1. The molecule has 0 spiro atoms. The fraction of sp³-hybridized carbons (Fsp3) is 0.143.